The summed E-state index contributed by atoms with van der Waals surface area (Å²) < 4.78 is 5.46. The van der Waals surface area contributed by atoms with E-state index in [4.69, 9.17) is 16.3 Å². The number of hydrogen-bond donors (Lipinski definition) is 0. The average molecular weight is 289 g/mol. The second-order valence-corrected chi connectivity index (χ2v) is 4.79. The average Bonchev–Trinajstić information content (AvgIpc) is 2.32. The molecule has 1 fully saturated rings. The summed E-state index contributed by atoms with van der Waals surface area (Å²) in [6.07, 6.45) is 1.81. The van der Waals surface area contributed by atoms with Gasteiger partial charge in [0.2, 0.25) is 0 Å². The van der Waals surface area contributed by atoms with Crippen LogP contribution in [0.5, 0.6) is 0 Å². The molecular weight excluding hydrogens is 273 g/mol. The van der Waals surface area contributed by atoms with Gasteiger partial charge in [-0.15, -0.1) is 0 Å². The minimum Gasteiger partial charge on any atom is -1.00 e. The molecule has 0 bridgehead atoms. The third-order valence-electron chi connectivity index (χ3n) is 3.03. The fourth-order valence-electron chi connectivity index (χ4n) is 1.94. The number of carbonyl (C=O) groups is 1. The van der Waals surface area contributed by atoms with E-state index in [0.717, 1.165) is 25.9 Å². The van der Waals surface area contributed by atoms with Gasteiger partial charge in [0.05, 0.1) is 10.6 Å². The van der Waals surface area contributed by atoms with Gasteiger partial charge in [0, 0.05) is 13.1 Å². The number of ether oxygens (including phenoxy) is 1. The van der Waals surface area contributed by atoms with Gasteiger partial charge < -0.3 is 22.0 Å². The first-order valence-electron chi connectivity index (χ1n) is 5.81. The molecule has 1 heterocycles. The summed E-state index contributed by atoms with van der Waals surface area (Å²) in [4.78, 5) is 14.1. The highest BCUT2D eigenvalue weighted by molar-refractivity contribution is 6.33. The quantitative estimate of drug-likeness (QED) is 0.694. The SMILES string of the molecule is CN1CCC(OC(=O)c2ccccc2Cl)CC1.[Cl-]. The van der Waals surface area contributed by atoms with Crippen molar-refractivity contribution in [3.05, 3.63) is 34.9 Å². The lowest BCUT2D eigenvalue weighted by atomic mass is 10.1. The van der Waals surface area contributed by atoms with Crippen LogP contribution < -0.4 is 12.4 Å². The number of likely N-dealkylation sites (tertiary alicyclic amines) is 1. The number of hydrogen-bond acceptors (Lipinski definition) is 3. The van der Waals surface area contributed by atoms with Crippen LogP contribution in [0.3, 0.4) is 0 Å². The molecule has 0 radical (unpaired) electrons. The van der Waals surface area contributed by atoms with E-state index in [9.17, 15) is 4.79 Å². The second kappa shape index (κ2) is 6.98. The molecule has 0 spiro atoms. The lowest BCUT2D eigenvalue weighted by molar-refractivity contribution is -0.0000646. The molecule has 0 unspecified atom stereocenters. The highest BCUT2D eigenvalue weighted by Gasteiger charge is 2.21. The lowest BCUT2D eigenvalue weighted by Crippen LogP contribution is -3.00. The zero-order valence-corrected chi connectivity index (χ0v) is 11.7. The zero-order chi connectivity index (χ0) is 12.3. The van der Waals surface area contributed by atoms with Crippen LogP contribution in [0.15, 0.2) is 24.3 Å². The van der Waals surface area contributed by atoms with Gasteiger partial charge in [-0.25, -0.2) is 4.79 Å². The first-order valence-corrected chi connectivity index (χ1v) is 6.18. The fourth-order valence-corrected chi connectivity index (χ4v) is 2.16. The van der Waals surface area contributed by atoms with Gasteiger partial charge in [-0.05, 0) is 32.0 Å². The van der Waals surface area contributed by atoms with Crippen molar-refractivity contribution in [2.75, 3.05) is 20.1 Å². The molecule has 1 saturated heterocycles. The number of carbonyl (C=O) groups excluding carboxylic acids is 1. The predicted molar refractivity (Wildman–Crippen MR) is 67.4 cm³/mol. The molecule has 2 rings (SSSR count). The standard InChI is InChI=1S/C13H16ClNO2.ClH/c1-15-8-6-10(7-9-15)17-13(16)11-4-2-3-5-12(11)14;/h2-5,10H,6-9H2,1H3;1H/p-1. The lowest BCUT2D eigenvalue weighted by Gasteiger charge is -2.28. The Hall–Kier alpha value is -0.770. The molecule has 0 aromatic heterocycles. The molecule has 0 atom stereocenters. The van der Waals surface area contributed by atoms with Crippen molar-refractivity contribution >= 4 is 17.6 Å². The Morgan fingerprint density at radius 2 is 1.94 bits per heavy atom. The summed E-state index contributed by atoms with van der Waals surface area (Å²) in [7, 11) is 2.08. The van der Waals surface area contributed by atoms with Crippen molar-refractivity contribution in [2.45, 2.75) is 18.9 Å². The molecule has 0 saturated carbocycles. The van der Waals surface area contributed by atoms with E-state index in [-0.39, 0.29) is 24.5 Å². The summed E-state index contributed by atoms with van der Waals surface area (Å²) in [6.45, 7) is 1.95. The van der Waals surface area contributed by atoms with Crippen LogP contribution in [0.25, 0.3) is 0 Å². The summed E-state index contributed by atoms with van der Waals surface area (Å²) >= 11 is 5.95. The Morgan fingerprint density at radius 1 is 1.33 bits per heavy atom. The molecular formula is C13H16Cl2NO2-. The van der Waals surface area contributed by atoms with Crippen LogP contribution in [0.4, 0.5) is 0 Å². The number of halogens is 2. The topological polar surface area (TPSA) is 29.5 Å². The number of piperidine rings is 1. The molecule has 1 aromatic carbocycles. The van der Waals surface area contributed by atoms with Crippen molar-refractivity contribution in [1.29, 1.82) is 0 Å². The van der Waals surface area contributed by atoms with Gasteiger partial charge in [0.1, 0.15) is 6.10 Å². The molecule has 1 aliphatic rings. The Bertz CT molecular complexity index is 404. The molecule has 0 amide bonds. The highest BCUT2D eigenvalue weighted by atomic mass is 35.5. The highest BCUT2D eigenvalue weighted by Crippen LogP contribution is 2.19. The van der Waals surface area contributed by atoms with Gasteiger partial charge in [0.15, 0.2) is 0 Å². The smallest absolute Gasteiger partial charge is 0.339 e. The first-order chi connectivity index (χ1) is 8.16. The third-order valence-corrected chi connectivity index (χ3v) is 3.36. The second-order valence-electron chi connectivity index (χ2n) is 4.39. The van der Waals surface area contributed by atoms with E-state index in [2.05, 4.69) is 11.9 Å². The van der Waals surface area contributed by atoms with Crippen LogP contribution in [0.1, 0.15) is 23.2 Å². The minimum absolute atomic E-state index is 0. The monoisotopic (exact) mass is 288 g/mol. The molecule has 1 aromatic rings. The zero-order valence-electron chi connectivity index (χ0n) is 10.2. The summed E-state index contributed by atoms with van der Waals surface area (Å²) in [5.74, 6) is -0.315. The van der Waals surface area contributed by atoms with Crippen LogP contribution >= 0.6 is 11.6 Å². The maximum atomic E-state index is 11.9. The van der Waals surface area contributed by atoms with Gasteiger partial charge in [-0.2, -0.15) is 0 Å². The van der Waals surface area contributed by atoms with E-state index in [1.54, 1.807) is 24.3 Å². The molecule has 3 nitrogen and oxygen atoms in total. The van der Waals surface area contributed by atoms with Crippen molar-refractivity contribution in [3.63, 3.8) is 0 Å². The maximum absolute atomic E-state index is 11.9. The molecule has 1 aliphatic heterocycles. The van der Waals surface area contributed by atoms with Crippen molar-refractivity contribution < 1.29 is 21.9 Å². The van der Waals surface area contributed by atoms with Gasteiger partial charge in [-0.3, -0.25) is 0 Å². The predicted octanol–water partition coefficient (Wildman–Crippen LogP) is -0.405. The maximum Gasteiger partial charge on any atom is 0.339 e. The van der Waals surface area contributed by atoms with Crippen LogP contribution in [-0.2, 0) is 4.74 Å². The van der Waals surface area contributed by atoms with Crippen molar-refractivity contribution in [3.8, 4) is 0 Å². The largest absolute Gasteiger partial charge is 1.00 e. The van der Waals surface area contributed by atoms with E-state index in [1.165, 1.54) is 0 Å². The van der Waals surface area contributed by atoms with Gasteiger partial charge >= 0.3 is 5.97 Å². The van der Waals surface area contributed by atoms with Crippen molar-refractivity contribution in [1.82, 2.24) is 4.90 Å². The van der Waals surface area contributed by atoms with Gasteiger partial charge in [0.25, 0.3) is 0 Å². The molecule has 18 heavy (non-hydrogen) atoms. The van der Waals surface area contributed by atoms with Crippen molar-refractivity contribution in [2.24, 2.45) is 0 Å². The fraction of sp³-hybridized carbons (Fsp3) is 0.462. The Labute approximate surface area is 118 Å². The van der Waals surface area contributed by atoms with E-state index >= 15 is 0 Å². The van der Waals surface area contributed by atoms with Gasteiger partial charge in [-0.1, -0.05) is 23.7 Å². The van der Waals surface area contributed by atoms with Crippen LogP contribution in [0.2, 0.25) is 5.02 Å². The van der Waals surface area contributed by atoms with Crippen LogP contribution in [0, 0.1) is 0 Å². The van der Waals surface area contributed by atoms with E-state index in [0.29, 0.717) is 10.6 Å². The minimum atomic E-state index is -0.315. The Balaban J connectivity index is 0.00000162. The summed E-state index contributed by atoms with van der Waals surface area (Å²) in [6, 6.07) is 6.98. The molecule has 100 valence electrons. The molecule has 0 aliphatic carbocycles. The number of rotatable bonds is 2. The molecule has 0 N–H and O–H groups in total. The van der Waals surface area contributed by atoms with E-state index in [1.807, 2.05) is 0 Å². The van der Waals surface area contributed by atoms with E-state index < -0.39 is 0 Å². The Kier molecular flexibility index (Phi) is 5.93. The molecule has 5 heteroatoms. The summed E-state index contributed by atoms with van der Waals surface area (Å²) in [5, 5.41) is 0.449. The summed E-state index contributed by atoms with van der Waals surface area (Å²) in [5.41, 5.74) is 0.452. The Morgan fingerprint density at radius 3 is 2.56 bits per heavy atom. The number of esters is 1. The first kappa shape index (κ1) is 15.3. The number of benzene rings is 1. The third kappa shape index (κ3) is 3.87. The number of nitrogens with zero attached hydrogens (tertiary/aromatic N) is 1. The van der Waals surface area contributed by atoms with Crippen LogP contribution in [-0.4, -0.2) is 37.1 Å². The normalized spacial score (nSPS) is 17.0.